The van der Waals surface area contributed by atoms with Crippen molar-refractivity contribution in [3.05, 3.63) is 78.1 Å². The number of hydrogen-bond donors (Lipinski definition) is 1. The van der Waals surface area contributed by atoms with E-state index in [0.717, 1.165) is 11.3 Å². The van der Waals surface area contributed by atoms with E-state index in [-0.39, 0.29) is 18.4 Å². The Hall–Kier alpha value is -3.61. The average molecular weight is 421 g/mol. The number of carbonyl (C=O) groups is 2. The lowest BCUT2D eigenvalue weighted by atomic mass is 10.0. The summed E-state index contributed by atoms with van der Waals surface area (Å²) in [6.07, 6.45) is 3.57. The number of para-hydroxylation sites is 1. The van der Waals surface area contributed by atoms with E-state index in [4.69, 9.17) is 9.47 Å². The van der Waals surface area contributed by atoms with Crippen LogP contribution in [0.1, 0.15) is 36.7 Å². The van der Waals surface area contributed by atoms with Crippen molar-refractivity contribution in [2.45, 2.75) is 33.4 Å². The van der Waals surface area contributed by atoms with Gasteiger partial charge in [0.25, 0.3) is 5.91 Å². The van der Waals surface area contributed by atoms with Crippen LogP contribution in [-0.4, -0.2) is 34.3 Å². The molecule has 162 valence electrons. The van der Waals surface area contributed by atoms with E-state index < -0.39 is 12.0 Å². The molecule has 1 N–H and O–H groups in total. The van der Waals surface area contributed by atoms with Crippen LogP contribution < -0.4 is 10.1 Å². The minimum absolute atomic E-state index is 0.118. The van der Waals surface area contributed by atoms with Crippen molar-refractivity contribution in [1.29, 1.82) is 0 Å². The summed E-state index contributed by atoms with van der Waals surface area (Å²) in [5, 5.41) is 6.98. The van der Waals surface area contributed by atoms with Gasteiger partial charge in [-0.25, -0.2) is 9.48 Å². The van der Waals surface area contributed by atoms with Gasteiger partial charge in [-0.15, -0.1) is 0 Å². The molecule has 3 aromatic rings. The highest BCUT2D eigenvalue weighted by molar-refractivity contribution is 5.99. The summed E-state index contributed by atoms with van der Waals surface area (Å²) in [6.45, 7) is 6.13. The zero-order valence-electron chi connectivity index (χ0n) is 17.9. The van der Waals surface area contributed by atoms with Crippen molar-refractivity contribution in [2.75, 3.05) is 6.61 Å². The summed E-state index contributed by atoms with van der Waals surface area (Å²) in [5.74, 6) is -0.509. The van der Waals surface area contributed by atoms with E-state index in [1.54, 1.807) is 35.1 Å². The summed E-state index contributed by atoms with van der Waals surface area (Å²) in [6, 6.07) is 15.6. The summed E-state index contributed by atoms with van der Waals surface area (Å²) in [5.41, 5.74) is 2.15. The molecular weight excluding hydrogens is 394 g/mol. The number of amides is 1. The SMILES string of the molecule is CCOc1ccccc1C(=O)N[C@H](C(=O)OCc1ccc(-n2cccn2)cc1)C(C)C. The second kappa shape index (κ2) is 10.4. The van der Waals surface area contributed by atoms with Gasteiger partial charge in [0.1, 0.15) is 18.4 Å². The predicted molar refractivity (Wildman–Crippen MR) is 117 cm³/mol. The molecule has 1 atom stereocenters. The Kier molecular flexibility index (Phi) is 7.43. The van der Waals surface area contributed by atoms with E-state index in [1.807, 2.05) is 57.3 Å². The molecule has 0 aliphatic rings. The number of esters is 1. The van der Waals surface area contributed by atoms with Gasteiger partial charge in [0.05, 0.1) is 17.9 Å². The zero-order valence-corrected chi connectivity index (χ0v) is 17.9. The molecule has 0 fully saturated rings. The van der Waals surface area contributed by atoms with Crippen molar-refractivity contribution in [3.63, 3.8) is 0 Å². The number of aromatic nitrogens is 2. The molecule has 0 unspecified atom stereocenters. The zero-order chi connectivity index (χ0) is 22.2. The van der Waals surface area contributed by atoms with E-state index >= 15 is 0 Å². The molecule has 7 nitrogen and oxygen atoms in total. The molecule has 31 heavy (non-hydrogen) atoms. The Morgan fingerprint density at radius 2 is 1.81 bits per heavy atom. The van der Waals surface area contributed by atoms with Crippen molar-refractivity contribution in [2.24, 2.45) is 5.92 Å². The number of carbonyl (C=O) groups excluding carboxylic acids is 2. The fraction of sp³-hybridized carbons (Fsp3) is 0.292. The lowest BCUT2D eigenvalue weighted by molar-refractivity contribution is -0.148. The van der Waals surface area contributed by atoms with Gasteiger partial charge >= 0.3 is 5.97 Å². The van der Waals surface area contributed by atoms with E-state index in [0.29, 0.717) is 17.9 Å². The van der Waals surface area contributed by atoms with Gasteiger partial charge in [-0.1, -0.05) is 38.1 Å². The van der Waals surface area contributed by atoms with Crippen LogP contribution in [0.15, 0.2) is 67.0 Å². The molecule has 0 aliphatic heterocycles. The smallest absolute Gasteiger partial charge is 0.329 e. The molecule has 1 aromatic heterocycles. The number of nitrogens with zero attached hydrogens (tertiary/aromatic N) is 2. The molecule has 0 bridgehead atoms. The highest BCUT2D eigenvalue weighted by atomic mass is 16.5. The minimum atomic E-state index is -0.773. The van der Waals surface area contributed by atoms with Crippen LogP contribution in [0.3, 0.4) is 0 Å². The maximum atomic E-state index is 12.8. The highest BCUT2D eigenvalue weighted by Crippen LogP contribution is 2.19. The molecule has 3 rings (SSSR count). The van der Waals surface area contributed by atoms with Crippen LogP contribution in [0.25, 0.3) is 5.69 Å². The molecule has 7 heteroatoms. The van der Waals surface area contributed by atoms with E-state index in [1.165, 1.54) is 0 Å². The first-order valence-electron chi connectivity index (χ1n) is 10.3. The number of ether oxygens (including phenoxy) is 2. The quantitative estimate of drug-likeness (QED) is 0.532. The topological polar surface area (TPSA) is 82.5 Å². The second-order valence-electron chi connectivity index (χ2n) is 7.35. The molecule has 2 aromatic carbocycles. The van der Waals surface area contributed by atoms with Gasteiger partial charge in [0.15, 0.2) is 0 Å². The van der Waals surface area contributed by atoms with Crippen molar-refractivity contribution in [3.8, 4) is 11.4 Å². The third-order valence-electron chi connectivity index (χ3n) is 4.73. The van der Waals surface area contributed by atoms with Gasteiger partial charge in [0.2, 0.25) is 0 Å². The van der Waals surface area contributed by atoms with E-state index in [9.17, 15) is 9.59 Å². The lowest BCUT2D eigenvalue weighted by Crippen LogP contribution is -2.45. The van der Waals surface area contributed by atoms with Crippen LogP contribution >= 0.6 is 0 Å². The van der Waals surface area contributed by atoms with Crippen molar-refractivity contribution in [1.82, 2.24) is 15.1 Å². The number of benzene rings is 2. The minimum Gasteiger partial charge on any atom is -0.493 e. The average Bonchev–Trinajstić information content (AvgIpc) is 3.31. The van der Waals surface area contributed by atoms with Crippen molar-refractivity contribution < 1.29 is 19.1 Å². The number of nitrogens with one attached hydrogen (secondary N) is 1. The third-order valence-corrected chi connectivity index (χ3v) is 4.73. The van der Waals surface area contributed by atoms with Gasteiger partial charge in [-0.3, -0.25) is 4.79 Å². The first-order valence-corrected chi connectivity index (χ1v) is 10.3. The fourth-order valence-electron chi connectivity index (χ4n) is 3.06. The molecule has 0 saturated carbocycles. The summed E-state index contributed by atoms with van der Waals surface area (Å²) in [4.78, 5) is 25.5. The van der Waals surface area contributed by atoms with Crippen LogP contribution in [0.4, 0.5) is 0 Å². The summed E-state index contributed by atoms with van der Waals surface area (Å²) >= 11 is 0. The van der Waals surface area contributed by atoms with Crippen LogP contribution in [-0.2, 0) is 16.1 Å². The number of rotatable bonds is 9. The molecule has 0 saturated heterocycles. The molecule has 0 radical (unpaired) electrons. The molecule has 0 spiro atoms. The number of hydrogen-bond acceptors (Lipinski definition) is 5. The van der Waals surface area contributed by atoms with Crippen LogP contribution in [0, 0.1) is 5.92 Å². The van der Waals surface area contributed by atoms with Crippen LogP contribution in [0.2, 0.25) is 0 Å². The Morgan fingerprint density at radius 1 is 1.06 bits per heavy atom. The van der Waals surface area contributed by atoms with Gasteiger partial charge < -0.3 is 14.8 Å². The summed E-state index contributed by atoms with van der Waals surface area (Å²) < 4.78 is 12.8. The Morgan fingerprint density at radius 3 is 2.45 bits per heavy atom. The first-order chi connectivity index (χ1) is 15.0. The third kappa shape index (κ3) is 5.72. The second-order valence-corrected chi connectivity index (χ2v) is 7.35. The Bertz CT molecular complexity index is 998. The predicted octanol–water partition coefficient (Wildman–Crippen LogP) is 3.77. The lowest BCUT2D eigenvalue weighted by Gasteiger charge is -2.21. The Balaban J connectivity index is 1.62. The van der Waals surface area contributed by atoms with Gasteiger partial charge in [-0.05, 0) is 48.7 Å². The molecule has 1 heterocycles. The van der Waals surface area contributed by atoms with Crippen molar-refractivity contribution >= 4 is 11.9 Å². The maximum Gasteiger partial charge on any atom is 0.329 e. The first kappa shape index (κ1) is 22.1. The molecule has 0 aliphatic carbocycles. The fourth-order valence-corrected chi connectivity index (χ4v) is 3.06. The van der Waals surface area contributed by atoms with E-state index in [2.05, 4.69) is 10.4 Å². The van der Waals surface area contributed by atoms with Gasteiger partial charge in [0, 0.05) is 12.4 Å². The highest BCUT2D eigenvalue weighted by Gasteiger charge is 2.27. The Labute approximate surface area is 182 Å². The molecule has 1 amide bonds. The van der Waals surface area contributed by atoms with Crippen LogP contribution in [0.5, 0.6) is 5.75 Å². The monoisotopic (exact) mass is 421 g/mol. The summed E-state index contributed by atoms with van der Waals surface area (Å²) in [7, 11) is 0. The largest absolute Gasteiger partial charge is 0.493 e. The standard InChI is InChI=1S/C24H27N3O4/c1-4-30-21-9-6-5-8-20(21)23(28)26-22(17(2)3)24(29)31-16-18-10-12-19(13-11-18)27-15-7-14-25-27/h5-15,17,22H,4,16H2,1-3H3,(H,26,28)/t22-/m0/s1. The van der Waals surface area contributed by atoms with Gasteiger partial charge in [-0.2, -0.15) is 5.10 Å². The maximum absolute atomic E-state index is 12.8. The normalized spacial score (nSPS) is 11.7. The molecular formula is C24H27N3O4.